The summed E-state index contributed by atoms with van der Waals surface area (Å²) in [5.74, 6) is -0.874. The van der Waals surface area contributed by atoms with Crippen LogP contribution < -0.4 is 0 Å². The summed E-state index contributed by atoms with van der Waals surface area (Å²) in [7, 11) is 0. The van der Waals surface area contributed by atoms with Gasteiger partial charge < -0.3 is 14.2 Å². The molecule has 0 heterocycles. The Kier molecular flexibility index (Phi) is 68.2. The van der Waals surface area contributed by atoms with Crippen LogP contribution in [0.5, 0.6) is 0 Å². The molecule has 0 saturated carbocycles. The molecule has 0 fully saturated rings. The Hall–Kier alpha value is -3.41. The normalized spacial score (nSPS) is 12.6. The van der Waals surface area contributed by atoms with E-state index in [4.69, 9.17) is 14.2 Å². The summed E-state index contributed by atoms with van der Waals surface area (Å²) in [6, 6.07) is 0. The van der Waals surface area contributed by atoms with Crippen molar-refractivity contribution in [3.8, 4) is 0 Å². The summed E-state index contributed by atoms with van der Waals surface area (Å²) in [6.07, 6.45) is 94.6. The first-order valence-corrected chi connectivity index (χ1v) is 36.1. The Morgan fingerprint density at radius 1 is 0.253 bits per heavy atom. The minimum absolute atomic E-state index is 0.0794. The predicted molar refractivity (Wildman–Crippen MR) is 362 cm³/mol. The van der Waals surface area contributed by atoms with Crippen molar-refractivity contribution in [3.05, 3.63) is 85.1 Å². The second-order valence-corrected chi connectivity index (χ2v) is 24.1. The van der Waals surface area contributed by atoms with Crippen LogP contribution in [-0.4, -0.2) is 37.2 Å². The van der Waals surface area contributed by atoms with Crippen molar-refractivity contribution >= 4 is 17.9 Å². The molecule has 6 heteroatoms. The molecule has 1 unspecified atom stereocenters. The third kappa shape index (κ3) is 69.3. The third-order valence-corrected chi connectivity index (χ3v) is 15.9. The molecule has 0 spiro atoms. The first kappa shape index (κ1) is 79.6. The number of hydrogen-bond acceptors (Lipinski definition) is 6. The van der Waals surface area contributed by atoms with Crippen molar-refractivity contribution in [2.75, 3.05) is 13.2 Å². The molecule has 0 radical (unpaired) electrons. The minimum Gasteiger partial charge on any atom is -0.462 e. The van der Waals surface area contributed by atoms with Crippen molar-refractivity contribution in [1.29, 1.82) is 0 Å². The van der Waals surface area contributed by atoms with Gasteiger partial charge in [0.05, 0.1) is 0 Å². The lowest BCUT2D eigenvalue weighted by Crippen LogP contribution is -2.30. The van der Waals surface area contributed by atoms with Gasteiger partial charge in [-0.25, -0.2) is 0 Å². The van der Waals surface area contributed by atoms with Crippen LogP contribution in [0, 0.1) is 0 Å². The van der Waals surface area contributed by atoms with E-state index in [1.165, 1.54) is 231 Å². The Bertz CT molecular complexity index is 1570. The number of unbranched alkanes of at least 4 members (excludes halogenated alkanes) is 41. The number of esters is 3. The molecule has 0 aliphatic carbocycles. The molecule has 0 N–H and O–H groups in total. The maximum absolute atomic E-state index is 13.0. The maximum Gasteiger partial charge on any atom is 0.306 e. The lowest BCUT2D eigenvalue weighted by molar-refractivity contribution is -0.167. The van der Waals surface area contributed by atoms with Crippen molar-refractivity contribution in [1.82, 2.24) is 0 Å². The second kappa shape index (κ2) is 71.1. The van der Waals surface area contributed by atoms with Crippen LogP contribution in [0.3, 0.4) is 0 Å². The summed E-state index contributed by atoms with van der Waals surface area (Å²) < 4.78 is 17.0. The van der Waals surface area contributed by atoms with Crippen LogP contribution in [0.4, 0.5) is 0 Å². The third-order valence-electron chi connectivity index (χ3n) is 15.9. The molecule has 1 atom stereocenters. The van der Waals surface area contributed by atoms with Crippen LogP contribution >= 0.6 is 0 Å². The highest BCUT2D eigenvalue weighted by molar-refractivity contribution is 5.71. The van der Waals surface area contributed by atoms with Gasteiger partial charge in [0.2, 0.25) is 0 Å². The molecule has 0 aliphatic heterocycles. The topological polar surface area (TPSA) is 78.9 Å². The molecule has 83 heavy (non-hydrogen) atoms. The van der Waals surface area contributed by atoms with Crippen LogP contribution in [-0.2, 0) is 28.6 Å². The molecule has 480 valence electrons. The van der Waals surface area contributed by atoms with Crippen molar-refractivity contribution in [2.45, 2.75) is 374 Å². The molecule has 6 nitrogen and oxygen atoms in total. The van der Waals surface area contributed by atoms with E-state index >= 15 is 0 Å². The summed E-state index contributed by atoms with van der Waals surface area (Å²) >= 11 is 0. The van der Waals surface area contributed by atoms with Gasteiger partial charge in [-0.15, -0.1) is 0 Å². The van der Waals surface area contributed by atoms with E-state index in [1.807, 2.05) is 0 Å². The molecular formula is C77H136O6. The average Bonchev–Trinajstić information content (AvgIpc) is 3.50. The molecular weight excluding hydrogens is 1020 g/mol. The molecule has 0 saturated heterocycles. The first-order valence-electron chi connectivity index (χ1n) is 36.1. The number of hydrogen-bond donors (Lipinski definition) is 0. The van der Waals surface area contributed by atoms with E-state index in [9.17, 15) is 14.4 Å². The van der Waals surface area contributed by atoms with Gasteiger partial charge in [-0.3, -0.25) is 14.4 Å². The standard InChI is InChI=1S/C77H136O6/c1-4-7-10-13-16-19-22-25-28-31-33-35-36-37-38-39-40-42-43-46-49-52-55-58-61-64-67-70-76(79)82-73-74(72-81-75(78)69-66-63-60-57-54-51-48-45-30-27-24-21-18-15-12-9-6-3)83-77(80)71-68-65-62-59-56-53-50-47-44-41-34-32-29-26-23-20-17-14-11-8-5-2/h9,12,18,21-22,25,27,30-34,36-37,74H,4-8,10-11,13-17,19-20,23-24,26,28-29,35,38-73H2,1-3H3/b12-9-,21-18-,25-22-,30-27-,33-31-,34-32-,37-36-. The zero-order valence-corrected chi connectivity index (χ0v) is 55.2. The number of allylic oxidation sites excluding steroid dienone is 14. The van der Waals surface area contributed by atoms with Gasteiger partial charge >= 0.3 is 17.9 Å². The van der Waals surface area contributed by atoms with E-state index in [2.05, 4.69) is 106 Å². The highest BCUT2D eigenvalue weighted by Gasteiger charge is 2.19. The molecule has 0 amide bonds. The Morgan fingerprint density at radius 3 is 0.747 bits per heavy atom. The van der Waals surface area contributed by atoms with Crippen molar-refractivity contribution < 1.29 is 28.6 Å². The minimum atomic E-state index is -0.785. The summed E-state index contributed by atoms with van der Waals surface area (Å²) in [5, 5.41) is 0. The van der Waals surface area contributed by atoms with Crippen molar-refractivity contribution in [2.24, 2.45) is 0 Å². The van der Waals surface area contributed by atoms with E-state index in [-0.39, 0.29) is 31.1 Å². The van der Waals surface area contributed by atoms with Gasteiger partial charge in [0.1, 0.15) is 13.2 Å². The van der Waals surface area contributed by atoms with Gasteiger partial charge in [-0.1, -0.05) is 318 Å². The zero-order valence-electron chi connectivity index (χ0n) is 55.2. The lowest BCUT2D eigenvalue weighted by atomic mass is 10.0. The molecule has 0 bridgehead atoms. The lowest BCUT2D eigenvalue weighted by Gasteiger charge is -2.18. The number of carbonyl (C=O) groups is 3. The fraction of sp³-hybridized carbons (Fsp3) is 0.779. The maximum atomic E-state index is 13.0. The Balaban J connectivity index is 4.33. The fourth-order valence-electron chi connectivity index (χ4n) is 10.5. The number of rotatable bonds is 66. The second-order valence-electron chi connectivity index (χ2n) is 24.1. The Morgan fingerprint density at radius 2 is 0.470 bits per heavy atom. The Labute approximate surface area is 515 Å². The van der Waals surface area contributed by atoms with E-state index in [0.29, 0.717) is 19.3 Å². The SMILES string of the molecule is CC/C=C\C/C=C\C/C=C\CCCCCCCCCC(=O)OCC(COC(=O)CCCCCCCCCCCCCC/C=C\C/C=C\C/C=C\CCCCCCC)OC(=O)CCCCCCCCCCC/C=C\CCCCCCCCCC. The van der Waals surface area contributed by atoms with Gasteiger partial charge in [-0.05, 0) is 116 Å². The summed E-state index contributed by atoms with van der Waals surface area (Å²) in [4.78, 5) is 38.5. The van der Waals surface area contributed by atoms with E-state index in [0.717, 1.165) is 96.3 Å². The van der Waals surface area contributed by atoms with E-state index < -0.39 is 6.10 Å². The van der Waals surface area contributed by atoms with Gasteiger partial charge in [-0.2, -0.15) is 0 Å². The largest absolute Gasteiger partial charge is 0.462 e. The van der Waals surface area contributed by atoms with Crippen LogP contribution in [0.25, 0.3) is 0 Å². The summed E-state index contributed by atoms with van der Waals surface area (Å²) in [5.41, 5.74) is 0. The smallest absolute Gasteiger partial charge is 0.306 e. The molecule has 0 aromatic rings. The monoisotopic (exact) mass is 1160 g/mol. The molecule has 0 aromatic heterocycles. The molecule has 0 aliphatic rings. The highest BCUT2D eigenvalue weighted by atomic mass is 16.6. The zero-order chi connectivity index (χ0) is 59.9. The summed E-state index contributed by atoms with van der Waals surface area (Å²) in [6.45, 7) is 6.56. The highest BCUT2D eigenvalue weighted by Crippen LogP contribution is 2.17. The van der Waals surface area contributed by atoms with E-state index in [1.54, 1.807) is 0 Å². The fourth-order valence-corrected chi connectivity index (χ4v) is 10.5. The van der Waals surface area contributed by atoms with Crippen LogP contribution in [0.1, 0.15) is 367 Å². The molecule has 0 rings (SSSR count). The van der Waals surface area contributed by atoms with Crippen LogP contribution in [0.15, 0.2) is 85.1 Å². The quantitative estimate of drug-likeness (QED) is 0.0261. The average molecular weight is 1160 g/mol. The van der Waals surface area contributed by atoms with Gasteiger partial charge in [0.25, 0.3) is 0 Å². The first-order chi connectivity index (χ1) is 41.0. The van der Waals surface area contributed by atoms with Crippen molar-refractivity contribution in [3.63, 3.8) is 0 Å². The molecule has 0 aromatic carbocycles. The van der Waals surface area contributed by atoms with Gasteiger partial charge in [0.15, 0.2) is 6.10 Å². The number of carbonyl (C=O) groups excluding carboxylic acids is 3. The van der Waals surface area contributed by atoms with Crippen LogP contribution in [0.2, 0.25) is 0 Å². The predicted octanol–water partition coefficient (Wildman–Crippen LogP) is 25.0. The number of ether oxygens (including phenoxy) is 3. The van der Waals surface area contributed by atoms with Gasteiger partial charge in [0, 0.05) is 19.3 Å².